The molecule has 134 valence electrons. The third-order valence-corrected chi connectivity index (χ3v) is 4.57. The second kappa shape index (κ2) is 7.96. The number of hydrogen-bond donors (Lipinski definition) is 1. The quantitative estimate of drug-likeness (QED) is 0.650. The number of carbonyl (C=O) groups excluding carboxylic acids is 3. The molecule has 2 rings (SSSR count). The summed E-state index contributed by atoms with van der Waals surface area (Å²) in [6, 6.07) is 6.30. The predicted octanol–water partition coefficient (Wildman–Crippen LogP) is 1.91. The second-order valence-electron chi connectivity index (χ2n) is 6.29. The van der Waals surface area contributed by atoms with E-state index in [9.17, 15) is 19.5 Å². The van der Waals surface area contributed by atoms with Gasteiger partial charge < -0.3 is 20.0 Å². The van der Waals surface area contributed by atoms with Gasteiger partial charge in [0.2, 0.25) is 5.91 Å². The molecule has 6 nitrogen and oxygen atoms in total. The molecule has 0 heterocycles. The highest BCUT2D eigenvalue weighted by atomic mass is 16.5. The number of esters is 1. The van der Waals surface area contributed by atoms with Gasteiger partial charge in [0.1, 0.15) is 0 Å². The standard InChI is InChI=1S/C19H23NO5/c1-4-25-19(24)13-5-7-14(8-6-13)20-17(21)15-9-11(2)12(3)10-16(15)18(22)23/h5-8,15-16H,4,9-10H2,1-3H3,(H,20,21)(H,22,23)/p-1/t15-,16+/m0/s1. The first-order chi connectivity index (χ1) is 11.8. The van der Waals surface area contributed by atoms with Gasteiger partial charge in [-0.05, 0) is 57.9 Å². The molecule has 25 heavy (non-hydrogen) atoms. The van der Waals surface area contributed by atoms with Crippen molar-refractivity contribution in [3.63, 3.8) is 0 Å². The molecule has 0 saturated heterocycles. The van der Waals surface area contributed by atoms with Gasteiger partial charge in [0.05, 0.1) is 18.1 Å². The summed E-state index contributed by atoms with van der Waals surface area (Å²) >= 11 is 0. The minimum atomic E-state index is -1.20. The summed E-state index contributed by atoms with van der Waals surface area (Å²) in [4.78, 5) is 35.6. The Bertz CT molecular complexity index is 705. The lowest BCUT2D eigenvalue weighted by Crippen LogP contribution is -2.42. The number of benzene rings is 1. The maximum absolute atomic E-state index is 12.5. The summed E-state index contributed by atoms with van der Waals surface area (Å²) in [6.07, 6.45) is 0.727. The van der Waals surface area contributed by atoms with Crippen molar-refractivity contribution < 1.29 is 24.2 Å². The van der Waals surface area contributed by atoms with Gasteiger partial charge >= 0.3 is 5.97 Å². The number of carboxylic acids is 1. The van der Waals surface area contributed by atoms with E-state index in [0.717, 1.165) is 11.1 Å². The third-order valence-electron chi connectivity index (χ3n) is 4.57. The van der Waals surface area contributed by atoms with Crippen LogP contribution in [0.1, 0.15) is 44.0 Å². The number of rotatable bonds is 5. The van der Waals surface area contributed by atoms with Gasteiger partial charge in [0.15, 0.2) is 0 Å². The van der Waals surface area contributed by atoms with E-state index in [-0.39, 0.29) is 12.5 Å². The number of amides is 1. The zero-order valence-electron chi connectivity index (χ0n) is 14.6. The zero-order valence-corrected chi connectivity index (χ0v) is 14.6. The van der Waals surface area contributed by atoms with Crippen LogP contribution in [0.5, 0.6) is 0 Å². The Morgan fingerprint density at radius 1 is 1.08 bits per heavy atom. The van der Waals surface area contributed by atoms with Crippen LogP contribution in [-0.4, -0.2) is 24.5 Å². The van der Waals surface area contributed by atoms with Crippen molar-refractivity contribution in [2.24, 2.45) is 11.8 Å². The molecule has 2 atom stereocenters. The Morgan fingerprint density at radius 2 is 1.64 bits per heavy atom. The molecule has 0 saturated carbocycles. The van der Waals surface area contributed by atoms with Crippen molar-refractivity contribution >= 4 is 23.5 Å². The van der Waals surface area contributed by atoms with Crippen LogP contribution in [-0.2, 0) is 14.3 Å². The molecule has 0 fully saturated rings. The first-order valence-corrected chi connectivity index (χ1v) is 8.27. The maximum Gasteiger partial charge on any atom is 0.338 e. The van der Waals surface area contributed by atoms with Crippen molar-refractivity contribution in [1.82, 2.24) is 0 Å². The molecular weight excluding hydrogens is 322 g/mol. The zero-order chi connectivity index (χ0) is 18.6. The number of ether oxygens (including phenoxy) is 1. The van der Waals surface area contributed by atoms with E-state index in [1.54, 1.807) is 31.2 Å². The highest BCUT2D eigenvalue weighted by molar-refractivity contribution is 5.96. The van der Waals surface area contributed by atoms with Crippen LogP contribution in [0.2, 0.25) is 0 Å². The number of allylic oxidation sites excluding steroid dienone is 2. The van der Waals surface area contributed by atoms with E-state index in [4.69, 9.17) is 4.74 Å². The maximum atomic E-state index is 12.5. The Kier molecular flexibility index (Phi) is 5.96. The number of nitrogens with one attached hydrogen (secondary N) is 1. The monoisotopic (exact) mass is 344 g/mol. The lowest BCUT2D eigenvalue weighted by Gasteiger charge is -2.32. The Morgan fingerprint density at radius 3 is 2.16 bits per heavy atom. The SMILES string of the molecule is CCOC(=O)c1ccc(NC(=O)[C@H]2CC(C)=C(C)C[C@H]2C(=O)[O-])cc1. The molecule has 6 heteroatoms. The molecule has 1 aromatic carbocycles. The lowest BCUT2D eigenvalue weighted by atomic mass is 9.76. The molecule has 0 aliphatic heterocycles. The normalized spacial score (nSPS) is 20.1. The fraction of sp³-hybridized carbons (Fsp3) is 0.421. The lowest BCUT2D eigenvalue weighted by molar-refractivity contribution is -0.313. The van der Waals surface area contributed by atoms with Gasteiger partial charge in [-0.1, -0.05) is 11.1 Å². The van der Waals surface area contributed by atoms with Crippen molar-refractivity contribution in [1.29, 1.82) is 0 Å². The third kappa shape index (κ3) is 4.47. The van der Waals surface area contributed by atoms with Crippen LogP contribution in [0.25, 0.3) is 0 Å². The van der Waals surface area contributed by atoms with Crippen LogP contribution in [0, 0.1) is 11.8 Å². The molecule has 0 spiro atoms. The molecular formula is C19H22NO5-. The Hall–Kier alpha value is -2.63. The van der Waals surface area contributed by atoms with Gasteiger partial charge in [-0.3, -0.25) is 4.79 Å². The summed E-state index contributed by atoms with van der Waals surface area (Å²) < 4.78 is 4.90. The van der Waals surface area contributed by atoms with Crippen molar-refractivity contribution in [2.45, 2.75) is 33.6 Å². The average Bonchev–Trinajstić information content (AvgIpc) is 2.57. The fourth-order valence-electron chi connectivity index (χ4n) is 2.95. The highest BCUT2D eigenvalue weighted by Gasteiger charge is 2.33. The van der Waals surface area contributed by atoms with Crippen LogP contribution in [0.15, 0.2) is 35.4 Å². The van der Waals surface area contributed by atoms with E-state index >= 15 is 0 Å². The molecule has 1 N–H and O–H groups in total. The van der Waals surface area contributed by atoms with Crippen LogP contribution >= 0.6 is 0 Å². The Labute approximate surface area is 146 Å². The van der Waals surface area contributed by atoms with Gasteiger partial charge in [-0.15, -0.1) is 0 Å². The average molecular weight is 344 g/mol. The fourth-order valence-corrected chi connectivity index (χ4v) is 2.95. The van der Waals surface area contributed by atoms with Crippen LogP contribution in [0.3, 0.4) is 0 Å². The molecule has 1 aromatic rings. The number of carboxylic acid groups (broad SMARTS) is 1. The van der Waals surface area contributed by atoms with Gasteiger partial charge in [0, 0.05) is 17.6 Å². The van der Waals surface area contributed by atoms with Crippen LogP contribution < -0.4 is 10.4 Å². The molecule has 1 aliphatic rings. The van der Waals surface area contributed by atoms with E-state index < -0.39 is 23.8 Å². The van der Waals surface area contributed by atoms with Gasteiger partial charge in [-0.25, -0.2) is 4.79 Å². The van der Waals surface area contributed by atoms with Crippen LogP contribution in [0.4, 0.5) is 5.69 Å². The summed E-state index contributed by atoms with van der Waals surface area (Å²) in [5.41, 5.74) is 2.92. The van der Waals surface area contributed by atoms with E-state index in [1.165, 1.54) is 0 Å². The van der Waals surface area contributed by atoms with Gasteiger partial charge in [0.25, 0.3) is 0 Å². The van der Waals surface area contributed by atoms with Crippen molar-refractivity contribution in [3.8, 4) is 0 Å². The highest BCUT2D eigenvalue weighted by Crippen LogP contribution is 2.34. The van der Waals surface area contributed by atoms with E-state index in [1.807, 2.05) is 13.8 Å². The molecule has 0 aromatic heterocycles. The molecule has 0 bridgehead atoms. The first-order valence-electron chi connectivity index (χ1n) is 8.27. The molecule has 1 aliphatic carbocycles. The summed E-state index contributed by atoms with van der Waals surface area (Å²) in [5.74, 6) is -3.49. The molecule has 0 radical (unpaired) electrons. The van der Waals surface area contributed by atoms with Crippen molar-refractivity contribution in [2.75, 3.05) is 11.9 Å². The smallest absolute Gasteiger partial charge is 0.338 e. The van der Waals surface area contributed by atoms with Gasteiger partial charge in [-0.2, -0.15) is 0 Å². The van der Waals surface area contributed by atoms with E-state index in [2.05, 4.69) is 5.32 Å². The van der Waals surface area contributed by atoms with Crippen molar-refractivity contribution in [3.05, 3.63) is 41.0 Å². The molecule has 0 unspecified atom stereocenters. The number of hydrogen-bond acceptors (Lipinski definition) is 5. The Balaban J connectivity index is 2.10. The summed E-state index contributed by atoms with van der Waals surface area (Å²) in [7, 11) is 0. The molecule has 1 amide bonds. The largest absolute Gasteiger partial charge is 0.550 e. The minimum absolute atomic E-state index is 0.288. The summed E-state index contributed by atoms with van der Waals surface area (Å²) in [5, 5.41) is 14.1. The number of carbonyl (C=O) groups is 3. The topological polar surface area (TPSA) is 95.5 Å². The predicted molar refractivity (Wildman–Crippen MR) is 90.6 cm³/mol. The number of aliphatic carboxylic acids is 1. The second-order valence-corrected chi connectivity index (χ2v) is 6.29. The summed E-state index contributed by atoms with van der Waals surface area (Å²) in [6.45, 7) is 5.81. The number of anilines is 1. The minimum Gasteiger partial charge on any atom is -0.550 e. The first kappa shape index (κ1) is 18.7. The van der Waals surface area contributed by atoms with E-state index in [0.29, 0.717) is 24.1 Å².